The standard InChI is InChI=1S/C11H19NO3/c1-2-3-7-15-8-6-12-10(11(13)14)9-4-5-9/h2,9-10,12H,1,3-8H2,(H,13,14). The highest BCUT2D eigenvalue weighted by molar-refractivity contribution is 5.74. The fourth-order valence-corrected chi connectivity index (χ4v) is 1.44. The molecule has 86 valence electrons. The highest BCUT2D eigenvalue weighted by Gasteiger charge is 2.35. The number of hydrogen-bond acceptors (Lipinski definition) is 3. The zero-order valence-electron chi connectivity index (χ0n) is 8.95. The van der Waals surface area contributed by atoms with Crippen LogP contribution in [0.5, 0.6) is 0 Å². The summed E-state index contributed by atoms with van der Waals surface area (Å²) in [6.45, 7) is 5.41. The predicted octanol–water partition coefficient (Wildman–Crippen LogP) is 1.03. The van der Waals surface area contributed by atoms with Crippen LogP contribution in [0.25, 0.3) is 0 Å². The molecule has 15 heavy (non-hydrogen) atoms. The third-order valence-electron chi connectivity index (χ3n) is 2.44. The lowest BCUT2D eigenvalue weighted by Crippen LogP contribution is -2.40. The van der Waals surface area contributed by atoms with Crippen LogP contribution in [-0.4, -0.2) is 36.9 Å². The van der Waals surface area contributed by atoms with Crippen molar-refractivity contribution in [3.63, 3.8) is 0 Å². The van der Waals surface area contributed by atoms with Crippen LogP contribution in [-0.2, 0) is 9.53 Å². The maximum absolute atomic E-state index is 10.8. The van der Waals surface area contributed by atoms with Crippen molar-refractivity contribution < 1.29 is 14.6 Å². The van der Waals surface area contributed by atoms with E-state index in [2.05, 4.69) is 11.9 Å². The molecule has 1 fully saturated rings. The Morgan fingerprint density at radius 3 is 2.87 bits per heavy atom. The van der Waals surface area contributed by atoms with E-state index in [0.29, 0.717) is 25.7 Å². The maximum Gasteiger partial charge on any atom is 0.320 e. The zero-order chi connectivity index (χ0) is 11.1. The largest absolute Gasteiger partial charge is 0.480 e. The van der Waals surface area contributed by atoms with Crippen molar-refractivity contribution in [3.05, 3.63) is 12.7 Å². The summed E-state index contributed by atoms with van der Waals surface area (Å²) < 4.78 is 5.28. The molecule has 0 bridgehead atoms. The van der Waals surface area contributed by atoms with Gasteiger partial charge in [0.25, 0.3) is 0 Å². The Kier molecular flexibility index (Phi) is 5.36. The van der Waals surface area contributed by atoms with Gasteiger partial charge in [0.15, 0.2) is 0 Å². The molecule has 0 radical (unpaired) electrons. The van der Waals surface area contributed by atoms with Gasteiger partial charge >= 0.3 is 5.97 Å². The van der Waals surface area contributed by atoms with Crippen LogP contribution in [0.15, 0.2) is 12.7 Å². The van der Waals surface area contributed by atoms with Gasteiger partial charge in [-0.25, -0.2) is 0 Å². The summed E-state index contributed by atoms with van der Waals surface area (Å²) in [6, 6.07) is -0.381. The molecule has 0 saturated heterocycles. The third kappa shape index (κ3) is 4.95. The molecule has 1 atom stereocenters. The molecule has 0 aromatic heterocycles. The minimum atomic E-state index is -0.747. The number of nitrogens with one attached hydrogen (secondary N) is 1. The molecule has 0 amide bonds. The van der Waals surface area contributed by atoms with E-state index >= 15 is 0 Å². The molecule has 0 spiro atoms. The van der Waals surface area contributed by atoms with Crippen molar-refractivity contribution in [1.29, 1.82) is 0 Å². The molecule has 4 nitrogen and oxygen atoms in total. The van der Waals surface area contributed by atoms with Crippen molar-refractivity contribution in [3.8, 4) is 0 Å². The summed E-state index contributed by atoms with van der Waals surface area (Å²) in [5.74, 6) is -0.417. The number of carboxylic acids is 1. The van der Waals surface area contributed by atoms with Gasteiger partial charge in [0.2, 0.25) is 0 Å². The minimum absolute atomic E-state index is 0.329. The van der Waals surface area contributed by atoms with Crippen molar-refractivity contribution in [2.45, 2.75) is 25.3 Å². The number of ether oxygens (including phenoxy) is 1. The lowest BCUT2D eigenvalue weighted by molar-refractivity contribution is -0.140. The number of hydrogen-bond donors (Lipinski definition) is 2. The topological polar surface area (TPSA) is 58.6 Å². The van der Waals surface area contributed by atoms with E-state index in [1.54, 1.807) is 6.08 Å². The second kappa shape index (κ2) is 6.58. The Hall–Kier alpha value is -0.870. The molecule has 1 aliphatic rings. The minimum Gasteiger partial charge on any atom is -0.480 e. The average molecular weight is 213 g/mol. The van der Waals surface area contributed by atoms with E-state index in [-0.39, 0.29) is 6.04 Å². The van der Waals surface area contributed by atoms with Crippen molar-refractivity contribution in [2.75, 3.05) is 19.8 Å². The Morgan fingerprint density at radius 2 is 2.33 bits per heavy atom. The monoisotopic (exact) mass is 213 g/mol. The molecule has 1 aliphatic carbocycles. The van der Waals surface area contributed by atoms with E-state index in [0.717, 1.165) is 19.3 Å². The smallest absolute Gasteiger partial charge is 0.320 e. The van der Waals surface area contributed by atoms with E-state index < -0.39 is 5.97 Å². The highest BCUT2D eigenvalue weighted by Crippen LogP contribution is 2.32. The summed E-state index contributed by atoms with van der Waals surface area (Å²) >= 11 is 0. The molecule has 0 heterocycles. The Morgan fingerprint density at radius 1 is 1.60 bits per heavy atom. The zero-order valence-corrected chi connectivity index (χ0v) is 8.95. The normalized spacial score (nSPS) is 17.3. The fraction of sp³-hybridized carbons (Fsp3) is 0.727. The van der Waals surface area contributed by atoms with Gasteiger partial charge in [0.1, 0.15) is 6.04 Å². The maximum atomic E-state index is 10.8. The quantitative estimate of drug-likeness (QED) is 0.443. The van der Waals surface area contributed by atoms with Gasteiger partial charge in [-0.1, -0.05) is 6.08 Å². The van der Waals surface area contributed by atoms with Gasteiger partial charge < -0.3 is 15.2 Å². The van der Waals surface area contributed by atoms with Crippen LogP contribution >= 0.6 is 0 Å². The van der Waals surface area contributed by atoms with Crippen LogP contribution in [0, 0.1) is 5.92 Å². The first-order valence-corrected chi connectivity index (χ1v) is 5.40. The number of rotatable bonds is 9. The van der Waals surface area contributed by atoms with Gasteiger partial charge in [0, 0.05) is 6.54 Å². The summed E-state index contributed by atoms with van der Waals surface area (Å²) in [5.41, 5.74) is 0. The molecule has 0 aromatic carbocycles. The first-order chi connectivity index (χ1) is 7.25. The lowest BCUT2D eigenvalue weighted by atomic mass is 10.2. The fourth-order valence-electron chi connectivity index (χ4n) is 1.44. The van der Waals surface area contributed by atoms with E-state index in [1.165, 1.54) is 0 Å². The van der Waals surface area contributed by atoms with Crippen molar-refractivity contribution >= 4 is 5.97 Å². The van der Waals surface area contributed by atoms with Crippen LogP contribution in [0.1, 0.15) is 19.3 Å². The number of aliphatic carboxylic acids is 1. The molecule has 0 aromatic rings. The van der Waals surface area contributed by atoms with Crippen LogP contribution < -0.4 is 5.32 Å². The molecular formula is C11H19NO3. The molecule has 1 saturated carbocycles. The second-order valence-electron chi connectivity index (χ2n) is 3.80. The average Bonchev–Trinajstić information content (AvgIpc) is 3.00. The second-order valence-corrected chi connectivity index (χ2v) is 3.80. The molecule has 0 aliphatic heterocycles. The van der Waals surface area contributed by atoms with Crippen LogP contribution in [0.3, 0.4) is 0 Å². The summed E-state index contributed by atoms with van der Waals surface area (Å²) in [7, 11) is 0. The van der Waals surface area contributed by atoms with E-state index in [9.17, 15) is 4.79 Å². The van der Waals surface area contributed by atoms with Crippen LogP contribution in [0.2, 0.25) is 0 Å². The summed E-state index contributed by atoms with van der Waals surface area (Å²) in [6.07, 6.45) is 4.70. The molecule has 4 heteroatoms. The molecule has 1 unspecified atom stereocenters. The molecular weight excluding hydrogens is 194 g/mol. The van der Waals surface area contributed by atoms with Gasteiger partial charge in [-0.05, 0) is 25.2 Å². The summed E-state index contributed by atoms with van der Waals surface area (Å²) in [5, 5.41) is 11.9. The van der Waals surface area contributed by atoms with Gasteiger partial charge in [-0.2, -0.15) is 0 Å². The van der Waals surface area contributed by atoms with Gasteiger partial charge in [-0.15, -0.1) is 6.58 Å². The van der Waals surface area contributed by atoms with Crippen molar-refractivity contribution in [2.24, 2.45) is 5.92 Å². The van der Waals surface area contributed by atoms with Crippen LogP contribution in [0.4, 0.5) is 0 Å². The predicted molar refractivity (Wildman–Crippen MR) is 57.8 cm³/mol. The molecule has 1 rings (SSSR count). The van der Waals surface area contributed by atoms with Gasteiger partial charge in [0.05, 0.1) is 13.2 Å². The Labute approximate surface area is 90.3 Å². The number of carbonyl (C=O) groups is 1. The third-order valence-corrected chi connectivity index (χ3v) is 2.44. The Balaban J connectivity index is 2.01. The summed E-state index contributed by atoms with van der Waals surface area (Å²) in [4.78, 5) is 10.8. The first kappa shape index (κ1) is 12.2. The Bertz CT molecular complexity index is 214. The lowest BCUT2D eigenvalue weighted by Gasteiger charge is -2.13. The highest BCUT2D eigenvalue weighted by atomic mass is 16.5. The SMILES string of the molecule is C=CCCOCCNC(C(=O)O)C1CC1. The van der Waals surface area contributed by atoms with E-state index in [1.807, 2.05) is 0 Å². The van der Waals surface area contributed by atoms with Gasteiger partial charge in [-0.3, -0.25) is 4.79 Å². The number of carboxylic acid groups (broad SMARTS) is 1. The van der Waals surface area contributed by atoms with Crippen molar-refractivity contribution in [1.82, 2.24) is 5.32 Å². The first-order valence-electron chi connectivity index (χ1n) is 5.40. The molecule has 2 N–H and O–H groups in total. The van der Waals surface area contributed by atoms with E-state index in [4.69, 9.17) is 9.84 Å².